The predicted octanol–water partition coefficient (Wildman–Crippen LogP) is 2.31. The molecule has 0 saturated heterocycles. The Labute approximate surface area is 93.5 Å². The Hall–Kier alpha value is -1.81. The number of rotatable bonds is 4. The zero-order chi connectivity index (χ0) is 11.4. The molecule has 0 saturated carbocycles. The van der Waals surface area contributed by atoms with E-state index in [9.17, 15) is 5.11 Å². The van der Waals surface area contributed by atoms with E-state index in [1.54, 1.807) is 19.4 Å². The van der Waals surface area contributed by atoms with E-state index in [0.29, 0.717) is 6.61 Å². The van der Waals surface area contributed by atoms with Crippen molar-refractivity contribution in [1.29, 1.82) is 0 Å². The van der Waals surface area contributed by atoms with Crippen LogP contribution in [0.3, 0.4) is 0 Å². The van der Waals surface area contributed by atoms with Gasteiger partial charge in [0, 0.05) is 5.56 Å². The second-order valence-corrected chi connectivity index (χ2v) is 3.57. The Balaban J connectivity index is 1.95. The van der Waals surface area contributed by atoms with Gasteiger partial charge in [-0.25, -0.2) is 0 Å². The van der Waals surface area contributed by atoms with E-state index in [-0.39, 0.29) is 0 Å². The fraction of sp³-hybridized carbons (Fsp3) is 0.250. The fourth-order valence-corrected chi connectivity index (χ4v) is 1.31. The maximum Gasteiger partial charge on any atom is 0.130 e. The minimum Gasteiger partial charge on any atom is -0.489 e. The Morgan fingerprint density at radius 2 is 2.12 bits per heavy atom. The largest absolute Gasteiger partial charge is 0.489 e. The summed E-state index contributed by atoms with van der Waals surface area (Å²) in [7, 11) is 0. The lowest BCUT2D eigenvalue weighted by molar-refractivity contribution is 0.199. The SMILES string of the molecule is C[C@H](O)c1ccc(OCc2cnoc2)cc1. The van der Waals surface area contributed by atoms with Crippen molar-refractivity contribution >= 4 is 0 Å². The fourth-order valence-electron chi connectivity index (χ4n) is 1.31. The third-order valence-electron chi connectivity index (χ3n) is 2.25. The Kier molecular flexibility index (Phi) is 3.22. The molecule has 1 aromatic heterocycles. The van der Waals surface area contributed by atoms with Crippen molar-refractivity contribution < 1.29 is 14.4 Å². The monoisotopic (exact) mass is 219 g/mol. The van der Waals surface area contributed by atoms with E-state index < -0.39 is 6.10 Å². The van der Waals surface area contributed by atoms with Crippen molar-refractivity contribution in [2.75, 3.05) is 0 Å². The first-order valence-electron chi connectivity index (χ1n) is 5.05. The standard InChI is InChI=1S/C12H13NO3/c1-9(14)11-2-4-12(5-3-11)15-7-10-6-13-16-8-10/h2-6,8-9,14H,7H2,1H3/t9-/m0/s1. The number of benzene rings is 1. The molecule has 84 valence electrons. The molecule has 0 fully saturated rings. The average Bonchev–Trinajstić information content (AvgIpc) is 2.80. The first-order chi connectivity index (χ1) is 7.75. The number of hydrogen-bond acceptors (Lipinski definition) is 4. The van der Waals surface area contributed by atoms with Crippen LogP contribution < -0.4 is 4.74 Å². The van der Waals surface area contributed by atoms with Crippen molar-refractivity contribution in [2.24, 2.45) is 0 Å². The van der Waals surface area contributed by atoms with Crippen LogP contribution in [0.25, 0.3) is 0 Å². The molecule has 0 unspecified atom stereocenters. The van der Waals surface area contributed by atoms with Crippen LogP contribution in [0.1, 0.15) is 24.2 Å². The van der Waals surface area contributed by atoms with Crippen LogP contribution >= 0.6 is 0 Å². The van der Waals surface area contributed by atoms with Crippen LogP contribution in [0.2, 0.25) is 0 Å². The van der Waals surface area contributed by atoms with Gasteiger partial charge in [-0.15, -0.1) is 0 Å². The van der Waals surface area contributed by atoms with Gasteiger partial charge in [-0.3, -0.25) is 0 Å². The van der Waals surface area contributed by atoms with Gasteiger partial charge < -0.3 is 14.4 Å². The molecular weight excluding hydrogens is 206 g/mol. The highest BCUT2D eigenvalue weighted by atomic mass is 16.5. The molecule has 16 heavy (non-hydrogen) atoms. The van der Waals surface area contributed by atoms with Crippen molar-refractivity contribution in [3.05, 3.63) is 47.9 Å². The summed E-state index contributed by atoms with van der Waals surface area (Å²) < 4.78 is 10.2. The van der Waals surface area contributed by atoms with E-state index in [1.165, 1.54) is 0 Å². The summed E-state index contributed by atoms with van der Waals surface area (Å²) in [4.78, 5) is 0. The molecule has 4 nitrogen and oxygen atoms in total. The maximum atomic E-state index is 9.33. The van der Waals surface area contributed by atoms with Crippen molar-refractivity contribution in [3.63, 3.8) is 0 Å². The van der Waals surface area contributed by atoms with Gasteiger partial charge in [0.2, 0.25) is 0 Å². The molecule has 0 spiro atoms. The van der Waals surface area contributed by atoms with Gasteiger partial charge in [0.15, 0.2) is 0 Å². The molecule has 4 heteroatoms. The smallest absolute Gasteiger partial charge is 0.130 e. The summed E-state index contributed by atoms with van der Waals surface area (Å²) in [5.74, 6) is 0.755. The van der Waals surface area contributed by atoms with Gasteiger partial charge in [0.05, 0.1) is 12.3 Å². The molecule has 2 rings (SSSR count). The first kappa shape index (κ1) is 10.7. The minimum atomic E-state index is -0.452. The molecule has 1 aromatic carbocycles. The predicted molar refractivity (Wildman–Crippen MR) is 57.9 cm³/mol. The van der Waals surface area contributed by atoms with Crippen LogP contribution in [0.5, 0.6) is 5.75 Å². The Morgan fingerprint density at radius 1 is 1.38 bits per heavy atom. The summed E-state index contributed by atoms with van der Waals surface area (Å²) in [6.45, 7) is 2.16. The van der Waals surface area contributed by atoms with Crippen LogP contribution in [0.4, 0.5) is 0 Å². The second kappa shape index (κ2) is 4.81. The molecular formula is C12H13NO3. The van der Waals surface area contributed by atoms with E-state index in [0.717, 1.165) is 16.9 Å². The molecule has 0 radical (unpaired) electrons. The summed E-state index contributed by atoms with van der Waals surface area (Å²) >= 11 is 0. The van der Waals surface area contributed by atoms with Crippen LogP contribution in [-0.4, -0.2) is 10.3 Å². The Bertz CT molecular complexity index is 420. The Morgan fingerprint density at radius 3 is 2.69 bits per heavy atom. The van der Waals surface area contributed by atoms with Gasteiger partial charge in [-0.2, -0.15) is 0 Å². The van der Waals surface area contributed by atoms with E-state index >= 15 is 0 Å². The normalized spacial score (nSPS) is 12.4. The van der Waals surface area contributed by atoms with Gasteiger partial charge in [0.1, 0.15) is 18.6 Å². The summed E-state index contributed by atoms with van der Waals surface area (Å²) in [6.07, 6.45) is 2.71. The second-order valence-electron chi connectivity index (χ2n) is 3.57. The first-order valence-corrected chi connectivity index (χ1v) is 5.05. The number of nitrogens with zero attached hydrogens (tertiary/aromatic N) is 1. The molecule has 0 aliphatic carbocycles. The number of aromatic nitrogens is 1. The van der Waals surface area contributed by atoms with Crippen LogP contribution in [-0.2, 0) is 6.61 Å². The molecule has 1 heterocycles. The molecule has 0 bridgehead atoms. The molecule has 0 aliphatic rings. The van der Waals surface area contributed by atoms with Crippen molar-refractivity contribution in [1.82, 2.24) is 5.16 Å². The molecule has 1 N–H and O–H groups in total. The van der Waals surface area contributed by atoms with E-state index in [4.69, 9.17) is 9.26 Å². The topological polar surface area (TPSA) is 55.5 Å². The summed E-state index contributed by atoms with van der Waals surface area (Å²) in [6, 6.07) is 7.34. The molecule has 2 aromatic rings. The van der Waals surface area contributed by atoms with Crippen molar-refractivity contribution in [3.8, 4) is 5.75 Å². The van der Waals surface area contributed by atoms with Gasteiger partial charge >= 0.3 is 0 Å². The zero-order valence-corrected chi connectivity index (χ0v) is 8.96. The van der Waals surface area contributed by atoms with Crippen LogP contribution in [0, 0.1) is 0 Å². The number of aliphatic hydroxyl groups is 1. The highest BCUT2D eigenvalue weighted by Gasteiger charge is 2.01. The van der Waals surface area contributed by atoms with Crippen LogP contribution in [0.15, 0.2) is 41.2 Å². The zero-order valence-electron chi connectivity index (χ0n) is 8.96. The lowest BCUT2D eigenvalue weighted by Crippen LogP contribution is -1.95. The average molecular weight is 219 g/mol. The van der Waals surface area contributed by atoms with E-state index in [1.807, 2.05) is 24.3 Å². The highest BCUT2D eigenvalue weighted by Crippen LogP contribution is 2.18. The summed E-state index contributed by atoms with van der Waals surface area (Å²) in [5.41, 5.74) is 1.76. The third kappa shape index (κ3) is 2.61. The number of ether oxygens (including phenoxy) is 1. The summed E-state index contributed by atoms with van der Waals surface area (Å²) in [5, 5.41) is 12.9. The van der Waals surface area contributed by atoms with Crippen molar-refractivity contribution in [2.45, 2.75) is 19.6 Å². The highest BCUT2D eigenvalue weighted by molar-refractivity contribution is 5.28. The number of aliphatic hydroxyl groups excluding tert-OH is 1. The molecule has 1 atom stereocenters. The van der Waals surface area contributed by atoms with Gasteiger partial charge in [0.25, 0.3) is 0 Å². The lowest BCUT2D eigenvalue weighted by Gasteiger charge is -2.07. The van der Waals surface area contributed by atoms with Gasteiger partial charge in [-0.1, -0.05) is 17.3 Å². The maximum absolute atomic E-state index is 9.33. The third-order valence-corrected chi connectivity index (χ3v) is 2.25. The van der Waals surface area contributed by atoms with Gasteiger partial charge in [-0.05, 0) is 24.6 Å². The quantitative estimate of drug-likeness (QED) is 0.857. The molecule has 0 aliphatic heterocycles. The number of hydrogen-bond donors (Lipinski definition) is 1. The minimum absolute atomic E-state index is 0.428. The van der Waals surface area contributed by atoms with E-state index in [2.05, 4.69) is 5.16 Å². The molecule has 0 amide bonds. The lowest BCUT2D eigenvalue weighted by atomic mass is 10.1.